The molecule has 2 aromatic carbocycles. The molecule has 0 saturated heterocycles. The van der Waals surface area contributed by atoms with Gasteiger partial charge < -0.3 is 9.47 Å². The van der Waals surface area contributed by atoms with Gasteiger partial charge in [0.05, 0.1) is 14.2 Å². The van der Waals surface area contributed by atoms with Crippen molar-refractivity contribution in [2.75, 3.05) is 14.2 Å². The molecule has 0 spiro atoms. The van der Waals surface area contributed by atoms with Gasteiger partial charge in [0.25, 0.3) is 0 Å². The van der Waals surface area contributed by atoms with Crippen LogP contribution in [0, 0.1) is 0 Å². The van der Waals surface area contributed by atoms with E-state index in [9.17, 15) is 0 Å². The van der Waals surface area contributed by atoms with E-state index in [1.54, 1.807) is 14.2 Å². The van der Waals surface area contributed by atoms with Crippen molar-refractivity contribution in [2.24, 2.45) is 0 Å². The van der Waals surface area contributed by atoms with Crippen molar-refractivity contribution in [2.45, 2.75) is 25.7 Å². The van der Waals surface area contributed by atoms with Crippen LogP contribution < -0.4 is 14.3 Å². The number of rotatable bonds is 5. The number of nitrogens with zero attached hydrogens (tertiary/aromatic N) is 4. The summed E-state index contributed by atoms with van der Waals surface area (Å²) in [7, 11) is 3.33. The highest BCUT2D eigenvalue weighted by Crippen LogP contribution is 2.24. The second-order valence-corrected chi connectivity index (χ2v) is 6.28. The fourth-order valence-electron chi connectivity index (χ4n) is 3.21. The number of aromatic nitrogens is 3. The van der Waals surface area contributed by atoms with Crippen molar-refractivity contribution in [3.63, 3.8) is 0 Å². The Bertz CT molecular complexity index is 885. The topological polar surface area (TPSA) is 54.3 Å². The van der Waals surface area contributed by atoms with Gasteiger partial charge in [-0.2, -0.15) is 4.79 Å². The fraction of sp³-hybridized carbons (Fsp3) is 0.300. The molecule has 26 heavy (non-hydrogen) atoms. The fourth-order valence-corrected chi connectivity index (χ4v) is 3.21. The van der Waals surface area contributed by atoms with Gasteiger partial charge in [0.1, 0.15) is 11.5 Å². The van der Waals surface area contributed by atoms with Crippen molar-refractivity contribution in [1.82, 2.24) is 9.90 Å². The van der Waals surface area contributed by atoms with E-state index in [4.69, 9.17) is 20.0 Å². The average molecular weight is 350 g/mol. The summed E-state index contributed by atoms with van der Waals surface area (Å²) >= 11 is 0. The highest BCUT2D eigenvalue weighted by molar-refractivity contribution is 5.48. The van der Waals surface area contributed by atoms with Crippen molar-refractivity contribution >= 4 is 5.69 Å². The average Bonchev–Trinajstić information content (AvgIpc) is 3.07. The summed E-state index contributed by atoms with van der Waals surface area (Å²) < 4.78 is 10.5. The maximum atomic E-state index is 5.26. The molecule has 0 saturated carbocycles. The van der Waals surface area contributed by atoms with Gasteiger partial charge in [-0.3, -0.25) is 5.43 Å². The maximum Gasteiger partial charge on any atom is 0.199 e. The van der Waals surface area contributed by atoms with Crippen LogP contribution in [0.3, 0.4) is 0 Å². The molecule has 6 nitrogen and oxygen atoms in total. The number of methoxy groups -OCH3 is 2. The quantitative estimate of drug-likeness (QED) is 0.662. The van der Waals surface area contributed by atoms with Crippen LogP contribution in [0.15, 0.2) is 48.5 Å². The van der Waals surface area contributed by atoms with Crippen molar-refractivity contribution in [3.05, 3.63) is 65.3 Å². The largest absolute Gasteiger partial charge is 0.497 e. The molecule has 0 radical (unpaired) electrons. The highest BCUT2D eigenvalue weighted by Gasteiger charge is 2.24. The zero-order valence-electron chi connectivity index (χ0n) is 15.1. The first kappa shape index (κ1) is 16.4. The molecular weight excluding hydrogens is 328 g/mol. The number of fused-ring (bicyclic) bond motifs is 1. The summed E-state index contributed by atoms with van der Waals surface area (Å²) in [4.78, 5) is 3.80. The SMILES string of the molecule is COc1ccc([N-][n+]2c3c(nn2-c2ccc(OC)cc2)CCCC3)cc1. The van der Waals surface area contributed by atoms with Gasteiger partial charge >= 0.3 is 0 Å². The molecule has 6 heteroatoms. The third-order valence-corrected chi connectivity index (χ3v) is 4.63. The van der Waals surface area contributed by atoms with Gasteiger partial charge in [-0.15, -0.1) is 4.80 Å². The molecule has 0 bridgehead atoms. The number of hydrogen-bond donors (Lipinski definition) is 0. The van der Waals surface area contributed by atoms with Crippen molar-refractivity contribution in [1.29, 1.82) is 0 Å². The molecule has 0 fully saturated rings. The molecule has 3 aromatic rings. The number of benzene rings is 2. The molecule has 1 aromatic heterocycles. The lowest BCUT2D eigenvalue weighted by atomic mass is 10.0. The van der Waals surface area contributed by atoms with E-state index in [1.165, 1.54) is 18.5 Å². The van der Waals surface area contributed by atoms with Crippen LogP contribution in [-0.2, 0) is 12.8 Å². The normalized spacial score (nSPS) is 13.2. The Kier molecular flexibility index (Phi) is 4.48. The Morgan fingerprint density at radius 3 is 2.15 bits per heavy atom. The monoisotopic (exact) mass is 350 g/mol. The van der Waals surface area contributed by atoms with Crippen molar-refractivity contribution in [3.8, 4) is 17.2 Å². The molecule has 1 heterocycles. The predicted molar refractivity (Wildman–Crippen MR) is 98.4 cm³/mol. The Balaban J connectivity index is 1.74. The van der Waals surface area contributed by atoms with Gasteiger partial charge in [0.15, 0.2) is 11.4 Å². The first-order chi connectivity index (χ1) is 12.8. The maximum absolute atomic E-state index is 5.26. The van der Waals surface area contributed by atoms with Gasteiger partial charge in [-0.05, 0) is 60.0 Å². The molecule has 4 rings (SSSR count). The van der Waals surface area contributed by atoms with E-state index in [1.807, 2.05) is 58.1 Å². The summed E-state index contributed by atoms with van der Waals surface area (Å²) in [5, 5.41) is 4.83. The predicted octanol–water partition coefficient (Wildman–Crippen LogP) is 3.52. The number of ether oxygens (including phenoxy) is 2. The van der Waals surface area contributed by atoms with Crippen LogP contribution in [0.2, 0.25) is 0 Å². The van der Waals surface area contributed by atoms with Crippen LogP contribution in [0.5, 0.6) is 11.5 Å². The minimum absolute atomic E-state index is 0.819. The van der Waals surface area contributed by atoms with E-state index >= 15 is 0 Å². The van der Waals surface area contributed by atoms with Crippen LogP contribution in [0.1, 0.15) is 24.2 Å². The highest BCUT2D eigenvalue weighted by atomic mass is 16.5. The second-order valence-electron chi connectivity index (χ2n) is 6.28. The summed E-state index contributed by atoms with van der Waals surface area (Å²) in [6, 6.07) is 15.6. The van der Waals surface area contributed by atoms with E-state index in [-0.39, 0.29) is 0 Å². The van der Waals surface area contributed by atoms with E-state index in [2.05, 4.69) is 0 Å². The molecule has 0 atom stereocenters. The summed E-state index contributed by atoms with van der Waals surface area (Å²) in [5.41, 5.74) is 8.97. The standard InChI is InChI=1S/C20H22N4O2/c1-25-17-11-7-15(8-12-17)21-24-20-6-4-3-5-19(20)22-23(24)16-9-13-18(26-2)14-10-16/h7-14H,3-6H2,1-2H3. The lowest BCUT2D eigenvalue weighted by Crippen LogP contribution is -2.42. The molecule has 1 aliphatic rings. The molecule has 0 unspecified atom stereocenters. The first-order valence-electron chi connectivity index (χ1n) is 8.82. The van der Waals surface area contributed by atoms with Crippen LogP contribution in [0.25, 0.3) is 11.1 Å². The number of hydrogen-bond acceptors (Lipinski definition) is 3. The van der Waals surface area contributed by atoms with Gasteiger partial charge in [-0.25, -0.2) is 0 Å². The smallest absolute Gasteiger partial charge is 0.199 e. The second kappa shape index (κ2) is 7.07. The van der Waals surface area contributed by atoms with Crippen molar-refractivity contribution < 1.29 is 14.3 Å². The van der Waals surface area contributed by atoms with E-state index in [0.29, 0.717) is 0 Å². The van der Waals surface area contributed by atoms with Crippen LogP contribution in [0.4, 0.5) is 5.69 Å². The Morgan fingerprint density at radius 2 is 1.50 bits per heavy atom. The molecule has 1 aliphatic carbocycles. The molecule has 0 amide bonds. The molecule has 0 aliphatic heterocycles. The molecule has 0 N–H and O–H groups in total. The zero-order valence-corrected chi connectivity index (χ0v) is 15.1. The minimum Gasteiger partial charge on any atom is -0.497 e. The third kappa shape index (κ3) is 3.10. The third-order valence-electron chi connectivity index (χ3n) is 4.63. The van der Waals surface area contributed by atoms with Crippen LogP contribution in [-0.4, -0.2) is 24.1 Å². The van der Waals surface area contributed by atoms with Gasteiger partial charge in [0.2, 0.25) is 0 Å². The lowest BCUT2D eigenvalue weighted by Gasteiger charge is -2.17. The Labute approximate surface area is 152 Å². The first-order valence-corrected chi connectivity index (χ1v) is 8.82. The lowest BCUT2D eigenvalue weighted by molar-refractivity contribution is -0.707. The molecular formula is C20H22N4O2. The van der Waals surface area contributed by atoms with Gasteiger partial charge in [-0.1, -0.05) is 12.1 Å². The Morgan fingerprint density at radius 1 is 0.885 bits per heavy atom. The molecule has 134 valence electrons. The minimum atomic E-state index is 0.819. The summed E-state index contributed by atoms with van der Waals surface area (Å²) in [6.07, 6.45) is 4.33. The van der Waals surface area contributed by atoms with Gasteiger partial charge in [0, 0.05) is 18.5 Å². The summed E-state index contributed by atoms with van der Waals surface area (Å²) in [5.74, 6) is 1.64. The summed E-state index contributed by atoms with van der Waals surface area (Å²) in [6.45, 7) is 0. The number of aryl methyl sites for hydroxylation is 1. The zero-order chi connectivity index (χ0) is 17.9. The Hall–Kier alpha value is -3.02. The van der Waals surface area contributed by atoms with E-state index < -0.39 is 0 Å². The van der Waals surface area contributed by atoms with E-state index in [0.717, 1.165) is 41.4 Å². The van der Waals surface area contributed by atoms with Crippen LogP contribution >= 0.6 is 0 Å².